The Balaban J connectivity index is 0.000000194. The van der Waals surface area contributed by atoms with Crippen LogP contribution in [0.15, 0.2) is 125 Å². The molecule has 2 aromatic heterocycles. The molecule has 5 heteroatoms. The second-order valence-electron chi connectivity index (χ2n) is 12.7. The van der Waals surface area contributed by atoms with E-state index in [9.17, 15) is 0 Å². The maximum Gasteiger partial charge on any atom is 0.122 e. The lowest BCUT2D eigenvalue weighted by Crippen LogP contribution is -2.35. The van der Waals surface area contributed by atoms with Gasteiger partial charge in [-0.1, -0.05) is 133 Å². The Morgan fingerprint density at radius 3 is 1.19 bits per heavy atom. The van der Waals surface area contributed by atoms with Crippen molar-refractivity contribution < 1.29 is 14.2 Å². The minimum absolute atomic E-state index is 0.292. The minimum atomic E-state index is -0.372. The first-order chi connectivity index (χ1) is 22.7. The summed E-state index contributed by atoms with van der Waals surface area (Å²) in [4.78, 5) is 0. The van der Waals surface area contributed by atoms with Crippen LogP contribution in [0.25, 0.3) is 0 Å². The first kappa shape index (κ1) is 38.4. The van der Waals surface area contributed by atoms with Crippen molar-refractivity contribution in [2.45, 2.75) is 58.7 Å². The molecule has 0 bridgehead atoms. The van der Waals surface area contributed by atoms with E-state index in [1.807, 2.05) is 18.2 Å². The van der Waals surface area contributed by atoms with Crippen molar-refractivity contribution >= 4 is 22.7 Å². The highest BCUT2D eigenvalue weighted by Crippen LogP contribution is 2.42. The van der Waals surface area contributed by atoms with Crippen molar-refractivity contribution in [3.63, 3.8) is 0 Å². The summed E-state index contributed by atoms with van der Waals surface area (Å²) >= 11 is 3.44. The Labute approximate surface area is 292 Å². The van der Waals surface area contributed by atoms with Crippen molar-refractivity contribution in [3.05, 3.63) is 152 Å². The zero-order valence-electron chi connectivity index (χ0n) is 29.7. The van der Waals surface area contributed by atoms with Gasteiger partial charge in [0.25, 0.3) is 0 Å². The van der Waals surface area contributed by atoms with Crippen molar-refractivity contribution in [2.24, 2.45) is 17.8 Å². The van der Waals surface area contributed by atoms with E-state index in [1.54, 1.807) is 44.0 Å². The molecule has 1 unspecified atom stereocenters. The van der Waals surface area contributed by atoms with E-state index < -0.39 is 0 Å². The maximum atomic E-state index is 5.97. The lowest BCUT2D eigenvalue weighted by molar-refractivity contribution is -0.0174. The van der Waals surface area contributed by atoms with Crippen molar-refractivity contribution in [3.8, 4) is 0 Å². The molecule has 1 atom stereocenters. The lowest BCUT2D eigenvalue weighted by atomic mass is 9.77. The summed E-state index contributed by atoms with van der Waals surface area (Å²) in [6, 6.07) is 35.7. The number of benzene rings is 3. The summed E-state index contributed by atoms with van der Waals surface area (Å²) in [6.45, 7) is 14.1. The second kappa shape index (κ2) is 19.1. The average Bonchev–Trinajstić information content (AvgIpc) is 3.83. The molecule has 0 aliphatic heterocycles. The van der Waals surface area contributed by atoms with E-state index in [4.69, 9.17) is 14.2 Å². The molecular formula is C42H54O3S2. The predicted octanol–water partition coefficient (Wildman–Crippen LogP) is 11.7. The second-order valence-corrected chi connectivity index (χ2v) is 14.2. The molecule has 5 aromatic rings. The van der Waals surface area contributed by atoms with E-state index in [-0.39, 0.29) is 11.2 Å². The van der Waals surface area contributed by atoms with Gasteiger partial charge in [0.2, 0.25) is 0 Å². The van der Waals surface area contributed by atoms with Crippen LogP contribution in [0.1, 0.15) is 75.3 Å². The van der Waals surface area contributed by atoms with Crippen molar-refractivity contribution in [1.29, 1.82) is 0 Å². The van der Waals surface area contributed by atoms with E-state index in [0.29, 0.717) is 23.7 Å². The fourth-order valence-corrected chi connectivity index (χ4v) is 7.89. The zero-order chi connectivity index (χ0) is 34.3. The molecule has 0 fully saturated rings. The van der Waals surface area contributed by atoms with Crippen LogP contribution in [0.4, 0.5) is 0 Å². The standard InChI is InChI=1S/C17H20O.C13H16OS2.C12H18O/c1-14(2)17(18-3,15-10-6-4-7-11-15)16-12-8-5-9-13-16;1-10(2)13(14-3,11-4-6-15-8-11)12-5-7-16-9-12;1-10(2)12(9-13-3)11-7-5-4-6-8-11/h4-14H,1-3H3;4-10H,1-3H3;4-8,10,12H,9H2,1-3H3. The summed E-state index contributed by atoms with van der Waals surface area (Å²) in [5.41, 5.74) is 5.63. The van der Waals surface area contributed by atoms with Gasteiger partial charge in [-0.05, 0) is 79.2 Å². The third kappa shape index (κ3) is 9.31. The average molecular weight is 671 g/mol. The highest BCUT2D eigenvalue weighted by Gasteiger charge is 2.39. The lowest BCUT2D eigenvalue weighted by Gasteiger charge is -2.37. The molecule has 5 rings (SSSR count). The monoisotopic (exact) mass is 670 g/mol. The van der Waals surface area contributed by atoms with Crippen LogP contribution < -0.4 is 0 Å². The fourth-order valence-electron chi connectivity index (χ4n) is 6.49. The number of rotatable bonds is 12. The highest BCUT2D eigenvalue weighted by atomic mass is 32.1. The topological polar surface area (TPSA) is 27.7 Å². The van der Waals surface area contributed by atoms with E-state index in [0.717, 1.165) is 6.61 Å². The highest BCUT2D eigenvalue weighted by molar-refractivity contribution is 7.08. The minimum Gasteiger partial charge on any atom is -0.384 e. The molecule has 0 N–H and O–H groups in total. The van der Waals surface area contributed by atoms with Gasteiger partial charge in [-0.3, -0.25) is 0 Å². The summed E-state index contributed by atoms with van der Waals surface area (Å²) in [5, 5.41) is 8.58. The van der Waals surface area contributed by atoms with Crippen LogP contribution in [-0.2, 0) is 25.4 Å². The molecule has 3 nitrogen and oxygen atoms in total. The van der Waals surface area contributed by atoms with Crippen molar-refractivity contribution in [2.75, 3.05) is 27.9 Å². The maximum absolute atomic E-state index is 5.97. The van der Waals surface area contributed by atoms with Gasteiger partial charge in [0.1, 0.15) is 11.2 Å². The van der Waals surface area contributed by atoms with E-state index >= 15 is 0 Å². The molecule has 0 radical (unpaired) electrons. The summed E-state index contributed by atoms with van der Waals surface area (Å²) in [6.07, 6.45) is 0. The molecule has 0 saturated carbocycles. The predicted molar refractivity (Wildman–Crippen MR) is 203 cm³/mol. The smallest absolute Gasteiger partial charge is 0.122 e. The Morgan fingerprint density at radius 2 is 0.894 bits per heavy atom. The van der Waals surface area contributed by atoms with Gasteiger partial charge >= 0.3 is 0 Å². The number of ether oxygens (including phenoxy) is 3. The van der Waals surface area contributed by atoms with Gasteiger partial charge in [-0.15, -0.1) is 0 Å². The van der Waals surface area contributed by atoms with Gasteiger partial charge in [0.05, 0.1) is 6.61 Å². The molecule has 252 valence electrons. The Bertz CT molecular complexity index is 1410. The normalized spacial score (nSPS) is 12.3. The molecular weight excluding hydrogens is 617 g/mol. The molecule has 0 amide bonds. The van der Waals surface area contributed by atoms with Crippen LogP contribution in [0.2, 0.25) is 0 Å². The molecule has 3 aromatic carbocycles. The van der Waals surface area contributed by atoms with Crippen LogP contribution in [-0.4, -0.2) is 27.9 Å². The molecule has 0 aliphatic rings. The van der Waals surface area contributed by atoms with Gasteiger partial charge in [-0.25, -0.2) is 0 Å². The number of methoxy groups -OCH3 is 3. The quantitative estimate of drug-likeness (QED) is 0.132. The summed E-state index contributed by atoms with van der Waals surface area (Å²) < 4.78 is 17.1. The zero-order valence-corrected chi connectivity index (χ0v) is 31.3. The van der Waals surface area contributed by atoms with Crippen LogP contribution in [0, 0.1) is 17.8 Å². The summed E-state index contributed by atoms with van der Waals surface area (Å²) in [7, 11) is 5.35. The first-order valence-electron chi connectivity index (χ1n) is 16.5. The Morgan fingerprint density at radius 1 is 0.511 bits per heavy atom. The SMILES string of the molecule is COC(c1ccccc1)(c1ccccc1)C(C)C.COC(c1ccsc1)(c1ccsc1)C(C)C.COCC(c1ccccc1)C(C)C. The third-order valence-electron chi connectivity index (χ3n) is 8.95. The van der Waals surface area contributed by atoms with Gasteiger partial charge < -0.3 is 14.2 Å². The number of hydrogen-bond donors (Lipinski definition) is 0. The van der Waals surface area contributed by atoms with Gasteiger partial charge in [0.15, 0.2) is 0 Å². The number of thiophene rings is 2. The van der Waals surface area contributed by atoms with Crippen LogP contribution >= 0.6 is 22.7 Å². The number of hydrogen-bond acceptors (Lipinski definition) is 5. The van der Waals surface area contributed by atoms with Crippen LogP contribution in [0.5, 0.6) is 0 Å². The Kier molecular flexibility index (Phi) is 15.6. The van der Waals surface area contributed by atoms with Gasteiger partial charge in [0, 0.05) is 27.2 Å². The molecule has 2 heterocycles. The summed E-state index contributed by atoms with van der Waals surface area (Å²) in [5.74, 6) is 1.91. The fraction of sp³-hybridized carbons (Fsp3) is 0.381. The third-order valence-corrected chi connectivity index (χ3v) is 10.3. The molecule has 0 aliphatic carbocycles. The van der Waals surface area contributed by atoms with E-state index in [1.165, 1.54) is 27.8 Å². The molecule has 0 spiro atoms. The van der Waals surface area contributed by atoms with Gasteiger partial charge in [-0.2, -0.15) is 22.7 Å². The van der Waals surface area contributed by atoms with Crippen LogP contribution in [0.3, 0.4) is 0 Å². The molecule has 0 saturated heterocycles. The molecule has 47 heavy (non-hydrogen) atoms. The largest absolute Gasteiger partial charge is 0.384 e. The van der Waals surface area contributed by atoms with Crippen molar-refractivity contribution in [1.82, 2.24) is 0 Å². The first-order valence-corrected chi connectivity index (χ1v) is 18.4. The van der Waals surface area contributed by atoms with E-state index in [2.05, 4.69) is 148 Å². The Hall–Kier alpha value is -3.06.